The van der Waals surface area contributed by atoms with Crippen molar-refractivity contribution in [2.45, 2.75) is 51.8 Å². The third kappa shape index (κ3) is 4.18. The molecular formula is C22H25N5O3. The van der Waals surface area contributed by atoms with Crippen LogP contribution < -0.4 is 10.6 Å². The van der Waals surface area contributed by atoms with Gasteiger partial charge in [-0.15, -0.1) is 0 Å². The lowest BCUT2D eigenvalue weighted by molar-refractivity contribution is -0.119. The highest BCUT2D eigenvalue weighted by Crippen LogP contribution is 2.32. The number of aliphatic hydroxyl groups is 1. The Morgan fingerprint density at radius 2 is 2.17 bits per heavy atom. The number of amides is 2. The highest BCUT2D eigenvalue weighted by atomic mass is 16.3. The van der Waals surface area contributed by atoms with Crippen LogP contribution in [0.4, 0.5) is 5.69 Å². The van der Waals surface area contributed by atoms with Crippen molar-refractivity contribution in [2.75, 3.05) is 5.32 Å². The van der Waals surface area contributed by atoms with Crippen molar-refractivity contribution in [3.8, 4) is 0 Å². The first-order valence-corrected chi connectivity index (χ1v) is 9.97. The molecule has 8 heteroatoms. The number of anilines is 1. The molecule has 4 rings (SSSR count). The zero-order valence-electron chi connectivity index (χ0n) is 17.3. The molecule has 1 saturated heterocycles. The quantitative estimate of drug-likeness (QED) is 0.602. The van der Waals surface area contributed by atoms with Crippen molar-refractivity contribution in [1.82, 2.24) is 20.1 Å². The number of benzene rings is 1. The molecule has 2 aromatic heterocycles. The van der Waals surface area contributed by atoms with E-state index in [-0.39, 0.29) is 17.9 Å². The number of nitrogens with one attached hydrogen (secondary N) is 2. The first-order chi connectivity index (χ1) is 14.2. The summed E-state index contributed by atoms with van der Waals surface area (Å²) in [4.78, 5) is 28.4. The predicted molar refractivity (Wildman–Crippen MR) is 113 cm³/mol. The smallest absolute Gasteiger partial charge is 0.274 e. The number of hydrogen-bond donors (Lipinski definition) is 3. The SMILES string of the molecule is Cc1cccc(C(=O)Nc2cc3cn(C[C@@H]4CCC(=O)N4)nc3cc2C(C)(C)O)n1. The van der Waals surface area contributed by atoms with Crippen LogP contribution in [0.5, 0.6) is 0 Å². The molecule has 1 aliphatic rings. The van der Waals surface area contributed by atoms with Crippen molar-refractivity contribution < 1.29 is 14.7 Å². The van der Waals surface area contributed by atoms with Crippen LogP contribution in [0, 0.1) is 6.92 Å². The normalized spacial score (nSPS) is 16.7. The van der Waals surface area contributed by atoms with Gasteiger partial charge >= 0.3 is 0 Å². The minimum absolute atomic E-state index is 0.0622. The van der Waals surface area contributed by atoms with Gasteiger partial charge in [0.15, 0.2) is 0 Å². The highest BCUT2D eigenvalue weighted by Gasteiger charge is 2.25. The maximum absolute atomic E-state index is 12.7. The molecule has 1 fully saturated rings. The van der Waals surface area contributed by atoms with Crippen molar-refractivity contribution in [3.05, 3.63) is 53.5 Å². The Morgan fingerprint density at radius 1 is 1.37 bits per heavy atom. The minimum atomic E-state index is -1.18. The summed E-state index contributed by atoms with van der Waals surface area (Å²) in [5.41, 5.74) is 1.67. The van der Waals surface area contributed by atoms with E-state index in [1.54, 1.807) is 36.7 Å². The lowest BCUT2D eigenvalue weighted by Gasteiger charge is -2.22. The topological polar surface area (TPSA) is 109 Å². The Bertz CT molecular complexity index is 1130. The van der Waals surface area contributed by atoms with Gasteiger partial charge in [-0.1, -0.05) is 6.07 Å². The largest absolute Gasteiger partial charge is 0.386 e. The fraction of sp³-hybridized carbons (Fsp3) is 0.364. The molecule has 0 aliphatic carbocycles. The fourth-order valence-electron chi connectivity index (χ4n) is 3.72. The van der Waals surface area contributed by atoms with Gasteiger partial charge in [-0.3, -0.25) is 14.3 Å². The first-order valence-electron chi connectivity index (χ1n) is 9.97. The maximum Gasteiger partial charge on any atom is 0.274 e. The zero-order chi connectivity index (χ0) is 21.5. The molecule has 1 aliphatic heterocycles. The predicted octanol–water partition coefficient (Wildman–Crippen LogP) is 2.50. The molecule has 0 unspecified atom stereocenters. The van der Waals surface area contributed by atoms with E-state index >= 15 is 0 Å². The Hall–Kier alpha value is -3.26. The number of aryl methyl sites for hydroxylation is 1. The number of pyridine rings is 1. The fourth-order valence-corrected chi connectivity index (χ4v) is 3.72. The molecule has 0 bridgehead atoms. The maximum atomic E-state index is 12.7. The number of rotatable bonds is 5. The molecule has 1 aromatic carbocycles. The molecular weight excluding hydrogens is 382 g/mol. The summed E-state index contributed by atoms with van der Waals surface area (Å²) >= 11 is 0. The summed E-state index contributed by atoms with van der Waals surface area (Å²) in [5, 5.41) is 21.9. The monoisotopic (exact) mass is 407 g/mol. The Balaban J connectivity index is 1.66. The number of fused-ring (bicyclic) bond motifs is 1. The molecule has 2 amide bonds. The molecule has 3 aromatic rings. The molecule has 0 spiro atoms. The average molecular weight is 407 g/mol. The minimum Gasteiger partial charge on any atom is -0.386 e. The second-order valence-corrected chi connectivity index (χ2v) is 8.29. The number of nitrogens with zero attached hydrogens (tertiary/aromatic N) is 3. The third-order valence-corrected chi connectivity index (χ3v) is 5.21. The van der Waals surface area contributed by atoms with Crippen LogP contribution >= 0.6 is 0 Å². The second-order valence-electron chi connectivity index (χ2n) is 8.29. The molecule has 1 atom stereocenters. The molecule has 0 radical (unpaired) electrons. The van der Waals surface area contributed by atoms with Crippen molar-refractivity contribution in [3.63, 3.8) is 0 Å². The number of carbonyl (C=O) groups excluding carboxylic acids is 2. The van der Waals surface area contributed by atoms with Gasteiger partial charge in [0, 0.05) is 41.0 Å². The summed E-state index contributed by atoms with van der Waals surface area (Å²) in [5.74, 6) is -0.277. The lowest BCUT2D eigenvalue weighted by atomic mass is 9.95. The second kappa shape index (κ2) is 7.53. The van der Waals surface area contributed by atoms with Gasteiger partial charge in [0.25, 0.3) is 5.91 Å². The summed E-state index contributed by atoms with van der Waals surface area (Å²) in [6.45, 7) is 5.74. The summed E-state index contributed by atoms with van der Waals surface area (Å²) < 4.78 is 1.79. The van der Waals surface area contributed by atoms with Crippen molar-refractivity contribution >= 4 is 28.4 Å². The van der Waals surface area contributed by atoms with Crippen molar-refractivity contribution in [2.24, 2.45) is 0 Å². The zero-order valence-corrected chi connectivity index (χ0v) is 17.3. The summed E-state index contributed by atoms with van der Waals surface area (Å²) in [7, 11) is 0. The summed E-state index contributed by atoms with van der Waals surface area (Å²) in [6.07, 6.45) is 3.21. The summed E-state index contributed by atoms with van der Waals surface area (Å²) in [6, 6.07) is 8.92. The molecule has 0 saturated carbocycles. The van der Waals surface area contributed by atoms with E-state index in [2.05, 4.69) is 20.7 Å². The number of carbonyl (C=O) groups is 2. The molecule has 3 N–H and O–H groups in total. The van der Waals surface area contributed by atoms with E-state index in [9.17, 15) is 14.7 Å². The first kappa shape index (κ1) is 20.0. The van der Waals surface area contributed by atoms with Gasteiger partial charge in [-0.2, -0.15) is 5.10 Å². The number of aromatic nitrogens is 3. The standard InChI is InChI=1S/C22H25N5O3/c1-13-5-4-6-17(23-13)21(29)25-19-9-14-11-27(12-15-7-8-20(28)24-15)26-18(14)10-16(19)22(2,3)30/h4-6,9-11,15,30H,7-8,12H2,1-3H3,(H,24,28)(H,25,29)/t15-/m0/s1. The van der Waals surface area contributed by atoms with E-state index in [4.69, 9.17) is 0 Å². The third-order valence-electron chi connectivity index (χ3n) is 5.21. The molecule has 3 heterocycles. The van der Waals surface area contributed by atoms with Gasteiger partial charge < -0.3 is 15.7 Å². The molecule has 156 valence electrons. The van der Waals surface area contributed by atoms with Gasteiger partial charge in [-0.05, 0) is 51.5 Å². The van der Waals surface area contributed by atoms with Crippen molar-refractivity contribution in [1.29, 1.82) is 0 Å². The van der Waals surface area contributed by atoms with Crippen LogP contribution in [0.15, 0.2) is 36.5 Å². The Morgan fingerprint density at radius 3 is 2.83 bits per heavy atom. The van der Waals surface area contributed by atoms with E-state index in [0.717, 1.165) is 17.5 Å². The van der Waals surface area contributed by atoms with Gasteiger partial charge in [0.2, 0.25) is 5.91 Å². The Kier molecular flexibility index (Phi) is 5.03. The lowest BCUT2D eigenvalue weighted by Crippen LogP contribution is -2.29. The van der Waals surface area contributed by atoms with Crippen LogP contribution in [0.3, 0.4) is 0 Å². The highest BCUT2D eigenvalue weighted by molar-refractivity contribution is 6.04. The van der Waals surface area contributed by atoms with Crippen LogP contribution in [-0.4, -0.2) is 37.7 Å². The van der Waals surface area contributed by atoms with Crippen LogP contribution in [0.25, 0.3) is 10.9 Å². The number of hydrogen-bond acceptors (Lipinski definition) is 5. The Labute approximate surface area is 174 Å². The van der Waals surface area contributed by atoms with E-state index in [1.807, 2.05) is 25.3 Å². The van der Waals surface area contributed by atoms with E-state index in [0.29, 0.717) is 35.4 Å². The van der Waals surface area contributed by atoms with Crippen LogP contribution in [0.2, 0.25) is 0 Å². The van der Waals surface area contributed by atoms with Gasteiger partial charge in [-0.25, -0.2) is 4.98 Å². The van der Waals surface area contributed by atoms with E-state index < -0.39 is 5.60 Å². The van der Waals surface area contributed by atoms with Gasteiger partial charge in [0.1, 0.15) is 5.69 Å². The van der Waals surface area contributed by atoms with Gasteiger partial charge in [0.05, 0.1) is 17.7 Å². The van der Waals surface area contributed by atoms with Crippen LogP contribution in [0.1, 0.15) is 48.4 Å². The molecule has 8 nitrogen and oxygen atoms in total. The average Bonchev–Trinajstić information content (AvgIpc) is 3.25. The van der Waals surface area contributed by atoms with E-state index in [1.165, 1.54) is 0 Å². The van der Waals surface area contributed by atoms with Crippen LogP contribution in [-0.2, 0) is 16.9 Å². The molecule has 30 heavy (non-hydrogen) atoms.